The molecule has 2 aromatic carbocycles. The van der Waals surface area contributed by atoms with E-state index in [9.17, 15) is 4.79 Å². The van der Waals surface area contributed by atoms with Gasteiger partial charge in [-0.05, 0) is 22.3 Å². The maximum atomic E-state index is 12.6. The Balaban J connectivity index is 1.82. The van der Waals surface area contributed by atoms with Gasteiger partial charge in [0.05, 0.1) is 13.2 Å². The molecule has 0 unspecified atom stereocenters. The standard InChI is InChI=1S/C19H22N2O2/c1-23-11-10-20-12-19(22)21-13-15-6-2-4-8-17(15)18-9-5-3-7-16(18)14-21/h2-9,20H,10-14H2,1H3. The predicted molar refractivity (Wildman–Crippen MR) is 90.9 cm³/mol. The number of fused-ring (bicyclic) bond motifs is 3. The van der Waals surface area contributed by atoms with Crippen molar-refractivity contribution >= 4 is 5.91 Å². The SMILES string of the molecule is COCCNCC(=O)N1Cc2ccccc2-c2ccccc2C1. The number of hydrogen-bond donors (Lipinski definition) is 1. The molecule has 2 aromatic rings. The molecule has 0 spiro atoms. The Labute approximate surface area is 137 Å². The van der Waals surface area contributed by atoms with E-state index in [1.54, 1.807) is 7.11 Å². The molecule has 0 saturated carbocycles. The molecule has 23 heavy (non-hydrogen) atoms. The van der Waals surface area contributed by atoms with E-state index < -0.39 is 0 Å². The number of carbonyl (C=O) groups excluding carboxylic acids is 1. The molecule has 1 aliphatic rings. The summed E-state index contributed by atoms with van der Waals surface area (Å²) < 4.78 is 4.99. The lowest BCUT2D eigenvalue weighted by Crippen LogP contribution is -2.38. The first-order valence-corrected chi connectivity index (χ1v) is 7.93. The van der Waals surface area contributed by atoms with Crippen molar-refractivity contribution in [1.82, 2.24) is 10.2 Å². The Hall–Kier alpha value is -2.17. The van der Waals surface area contributed by atoms with Crippen LogP contribution in [0.15, 0.2) is 48.5 Å². The lowest BCUT2D eigenvalue weighted by atomic mass is 9.97. The molecule has 0 radical (unpaired) electrons. The number of methoxy groups -OCH3 is 1. The van der Waals surface area contributed by atoms with Crippen LogP contribution in [-0.4, -0.2) is 37.6 Å². The first-order chi connectivity index (χ1) is 11.3. The smallest absolute Gasteiger partial charge is 0.237 e. The number of carbonyl (C=O) groups is 1. The van der Waals surface area contributed by atoms with Crippen molar-refractivity contribution in [3.05, 3.63) is 59.7 Å². The molecule has 120 valence electrons. The third kappa shape index (κ3) is 3.60. The minimum Gasteiger partial charge on any atom is -0.383 e. The van der Waals surface area contributed by atoms with Gasteiger partial charge in [0.15, 0.2) is 0 Å². The zero-order valence-corrected chi connectivity index (χ0v) is 13.4. The molecule has 0 bridgehead atoms. The predicted octanol–water partition coefficient (Wildman–Crippen LogP) is 2.43. The number of benzene rings is 2. The van der Waals surface area contributed by atoms with Crippen LogP contribution in [0.4, 0.5) is 0 Å². The van der Waals surface area contributed by atoms with Crippen molar-refractivity contribution in [2.75, 3.05) is 26.8 Å². The van der Waals surface area contributed by atoms with Crippen LogP contribution in [-0.2, 0) is 22.6 Å². The fourth-order valence-corrected chi connectivity index (χ4v) is 2.97. The lowest BCUT2D eigenvalue weighted by Gasteiger charge is -2.21. The summed E-state index contributed by atoms with van der Waals surface area (Å²) in [6.07, 6.45) is 0. The van der Waals surface area contributed by atoms with E-state index in [2.05, 4.69) is 41.7 Å². The first kappa shape index (κ1) is 15.7. The molecule has 3 rings (SSSR count). The van der Waals surface area contributed by atoms with Crippen molar-refractivity contribution in [3.63, 3.8) is 0 Å². The van der Waals surface area contributed by atoms with Crippen molar-refractivity contribution in [2.45, 2.75) is 13.1 Å². The normalized spacial score (nSPS) is 13.2. The fraction of sp³-hybridized carbons (Fsp3) is 0.316. The minimum atomic E-state index is 0.118. The van der Waals surface area contributed by atoms with Crippen molar-refractivity contribution in [1.29, 1.82) is 0 Å². The van der Waals surface area contributed by atoms with E-state index in [0.29, 0.717) is 32.8 Å². The van der Waals surface area contributed by atoms with E-state index >= 15 is 0 Å². The molecular formula is C19H22N2O2. The highest BCUT2D eigenvalue weighted by molar-refractivity contribution is 5.80. The van der Waals surface area contributed by atoms with E-state index in [1.807, 2.05) is 17.0 Å². The topological polar surface area (TPSA) is 41.6 Å². The average Bonchev–Trinajstić information content (AvgIpc) is 2.75. The molecule has 1 aliphatic heterocycles. The number of rotatable bonds is 5. The molecule has 4 nitrogen and oxygen atoms in total. The summed E-state index contributed by atoms with van der Waals surface area (Å²) in [7, 11) is 1.66. The van der Waals surface area contributed by atoms with Gasteiger partial charge in [-0.3, -0.25) is 4.79 Å². The maximum Gasteiger partial charge on any atom is 0.237 e. The second kappa shape index (κ2) is 7.40. The molecule has 4 heteroatoms. The molecule has 0 saturated heterocycles. The quantitative estimate of drug-likeness (QED) is 0.863. The molecule has 0 fully saturated rings. The molecule has 1 N–H and O–H groups in total. The highest BCUT2D eigenvalue weighted by Crippen LogP contribution is 2.32. The van der Waals surface area contributed by atoms with Gasteiger partial charge in [-0.1, -0.05) is 48.5 Å². The van der Waals surface area contributed by atoms with Crippen LogP contribution in [0.2, 0.25) is 0 Å². The molecule has 0 aromatic heterocycles. The Morgan fingerprint density at radius 3 is 2.17 bits per heavy atom. The summed E-state index contributed by atoms with van der Waals surface area (Å²) in [4.78, 5) is 14.5. The van der Waals surface area contributed by atoms with Gasteiger partial charge in [0.2, 0.25) is 5.91 Å². The van der Waals surface area contributed by atoms with Gasteiger partial charge >= 0.3 is 0 Å². The van der Waals surface area contributed by atoms with E-state index in [-0.39, 0.29) is 5.91 Å². The second-order valence-electron chi connectivity index (χ2n) is 5.73. The van der Waals surface area contributed by atoms with Crippen LogP contribution in [0, 0.1) is 0 Å². The van der Waals surface area contributed by atoms with E-state index in [4.69, 9.17) is 4.74 Å². The van der Waals surface area contributed by atoms with Crippen LogP contribution in [0.3, 0.4) is 0 Å². The lowest BCUT2D eigenvalue weighted by molar-refractivity contribution is -0.131. The highest BCUT2D eigenvalue weighted by Gasteiger charge is 2.21. The zero-order chi connectivity index (χ0) is 16.1. The van der Waals surface area contributed by atoms with Crippen LogP contribution in [0.5, 0.6) is 0 Å². The molecular weight excluding hydrogens is 288 g/mol. The molecule has 0 aliphatic carbocycles. The van der Waals surface area contributed by atoms with Crippen molar-refractivity contribution < 1.29 is 9.53 Å². The highest BCUT2D eigenvalue weighted by atomic mass is 16.5. The fourth-order valence-electron chi connectivity index (χ4n) is 2.97. The monoisotopic (exact) mass is 310 g/mol. The molecule has 0 atom stereocenters. The van der Waals surface area contributed by atoms with Gasteiger partial charge < -0.3 is 15.0 Å². The van der Waals surface area contributed by atoms with Crippen molar-refractivity contribution in [3.8, 4) is 11.1 Å². The summed E-state index contributed by atoms with van der Waals surface area (Å²) in [5.74, 6) is 0.118. The third-order valence-electron chi connectivity index (χ3n) is 4.16. The van der Waals surface area contributed by atoms with Gasteiger partial charge in [-0.15, -0.1) is 0 Å². The number of nitrogens with zero attached hydrogens (tertiary/aromatic N) is 1. The van der Waals surface area contributed by atoms with Crippen LogP contribution in [0.25, 0.3) is 11.1 Å². The van der Waals surface area contributed by atoms with Gasteiger partial charge in [-0.2, -0.15) is 0 Å². The second-order valence-corrected chi connectivity index (χ2v) is 5.73. The van der Waals surface area contributed by atoms with E-state index in [0.717, 1.165) is 0 Å². The number of ether oxygens (including phenoxy) is 1. The molecule has 1 amide bonds. The minimum absolute atomic E-state index is 0.118. The summed E-state index contributed by atoms with van der Waals surface area (Å²) in [5.41, 5.74) is 4.85. The molecule has 1 heterocycles. The third-order valence-corrected chi connectivity index (χ3v) is 4.16. The summed E-state index contributed by atoms with van der Waals surface area (Å²) in [5, 5.41) is 3.14. The Kier molecular flexibility index (Phi) is 5.05. The maximum absolute atomic E-state index is 12.6. The van der Waals surface area contributed by atoms with Crippen molar-refractivity contribution in [2.24, 2.45) is 0 Å². The number of amides is 1. The van der Waals surface area contributed by atoms with Crippen LogP contribution >= 0.6 is 0 Å². The van der Waals surface area contributed by atoms with Gasteiger partial charge in [0, 0.05) is 26.7 Å². The van der Waals surface area contributed by atoms with Crippen LogP contribution in [0.1, 0.15) is 11.1 Å². The first-order valence-electron chi connectivity index (χ1n) is 7.93. The Bertz CT molecular complexity index is 637. The number of nitrogens with one attached hydrogen (secondary N) is 1. The van der Waals surface area contributed by atoms with Gasteiger partial charge in [-0.25, -0.2) is 0 Å². The Morgan fingerprint density at radius 2 is 1.61 bits per heavy atom. The van der Waals surface area contributed by atoms with Crippen LogP contribution < -0.4 is 5.32 Å². The largest absolute Gasteiger partial charge is 0.383 e. The summed E-state index contributed by atoms with van der Waals surface area (Å²) in [6.45, 7) is 2.93. The number of hydrogen-bond acceptors (Lipinski definition) is 3. The zero-order valence-electron chi connectivity index (χ0n) is 13.4. The summed E-state index contributed by atoms with van der Waals surface area (Å²) in [6, 6.07) is 16.7. The van der Waals surface area contributed by atoms with Gasteiger partial charge in [0.25, 0.3) is 0 Å². The van der Waals surface area contributed by atoms with Gasteiger partial charge in [0.1, 0.15) is 0 Å². The Morgan fingerprint density at radius 1 is 1.04 bits per heavy atom. The summed E-state index contributed by atoms with van der Waals surface area (Å²) >= 11 is 0. The average molecular weight is 310 g/mol. The van der Waals surface area contributed by atoms with E-state index in [1.165, 1.54) is 22.3 Å².